The number of carbonyl (C=O) groups excluding carboxylic acids is 1. The van der Waals surface area contributed by atoms with Gasteiger partial charge in [-0.05, 0) is 19.3 Å². The average Bonchev–Trinajstić information content (AvgIpc) is 3.18. The van der Waals surface area contributed by atoms with Crippen molar-refractivity contribution in [3.63, 3.8) is 0 Å². The van der Waals surface area contributed by atoms with E-state index in [2.05, 4.69) is 15.3 Å². The molecule has 0 aromatic carbocycles. The van der Waals surface area contributed by atoms with E-state index in [9.17, 15) is 4.79 Å². The van der Waals surface area contributed by atoms with E-state index in [1.807, 2.05) is 4.90 Å². The molecule has 1 unspecified atom stereocenters. The lowest BCUT2D eigenvalue weighted by Crippen LogP contribution is -2.35. The molecule has 1 N–H and O–H groups in total. The fraction of sp³-hybridized carbons (Fsp3) is 0.667. The standard InChI is InChI=1S/C15H22N4O2/c1-21-13-6-8-16-15(18-13)17-12-7-9-19(10-12)14(20)11-4-2-3-5-11/h6,8,11-12H,2-5,7,9-10H2,1H3,(H,16,17,18). The zero-order chi connectivity index (χ0) is 14.7. The van der Waals surface area contributed by atoms with E-state index in [1.54, 1.807) is 19.4 Å². The van der Waals surface area contributed by atoms with Gasteiger partial charge in [0.1, 0.15) is 0 Å². The summed E-state index contributed by atoms with van der Waals surface area (Å²) in [6.07, 6.45) is 7.13. The van der Waals surface area contributed by atoms with Crippen LogP contribution in [0.25, 0.3) is 0 Å². The summed E-state index contributed by atoms with van der Waals surface area (Å²) in [7, 11) is 1.59. The molecule has 1 aromatic heterocycles. The molecule has 1 aliphatic carbocycles. The SMILES string of the molecule is COc1ccnc(NC2CCN(C(=O)C3CCCC3)C2)n1. The summed E-state index contributed by atoms with van der Waals surface area (Å²) < 4.78 is 5.09. The second-order valence-electron chi connectivity index (χ2n) is 5.82. The lowest BCUT2D eigenvalue weighted by Gasteiger charge is -2.20. The maximum Gasteiger partial charge on any atom is 0.226 e. The summed E-state index contributed by atoms with van der Waals surface area (Å²) in [5.74, 6) is 1.71. The predicted molar refractivity (Wildman–Crippen MR) is 79.1 cm³/mol. The Kier molecular flexibility index (Phi) is 4.22. The number of amides is 1. The molecule has 0 bridgehead atoms. The van der Waals surface area contributed by atoms with Gasteiger partial charge in [0.05, 0.1) is 7.11 Å². The highest BCUT2D eigenvalue weighted by Gasteiger charge is 2.32. The highest BCUT2D eigenvalue weighted by atomic mass is 16.5. The second kappa shape index (κ2) is 6.28. The molecule has 2 aliphatic rings. The van der Waals surface area contributed by atoms with Crippen LogP contribution in [0.3, 0.4) is 0 Å². The third-order valence-electron chi connectivity index (χ3n) is 4.38. The van der Waals surface area contributed by atoms with Crippen molar-refractivity contribution in [3.05, 3.63) is 12.3 Å². The Hall–Kier alpha value is -1.85. The van der Waals surface area contributed by atoms with Crippen molar-refractivity contribution in [2.45, 2.75) is 38.1 Å². The van der Waals surface area contributed by atoms with E-state index in [0.717, 1.165) is 32.4 Å². The maximum absolute atomic E-state index is 12.4. The number of ether oxygens (including phenoxy) is 1. The molecule has 1 saturated heterocycles. The summed E-state index contributed by atoms with van der Waals surface area (Å²) in [5, 5.41) is 3.29. The summed E-state index contributed by atoms with van der Waals surface area (Å²) >= 11 is 0. The number of aromatic nitrogens is 2. The van der Waals surface area contributed by atoms with Crippen LogP contribution in [0.1, 0.15) is 32.1 Å². The number of methoxy groups -OCH3 is 1. The molecule has 114 valence electrons. The van der Waals surface area contributed by atoms with Crippen LogP contribution < -0.4 is 10.1 Å². The molecule has 6 nitrogen and oxygen atoms in total. The first-order valence-electron chi connectivity index (χ1n) is 7.68. The van der Waals surface area contributed by atoms with Crippen molar-refractivity contribution in [1.82, 2.24) is 14.9 Å². The first-order chi connectivity index (χ1) is 10.3. The molecular weight excluding hydrogens is 268 g/mol. The van der Waals surface area contributed by atoms with E-state index in [0.29, 0.717) is 17.7 Å². The molecule has 6 heteroatoms. The number of nitrogens with one attached hydrogen (secondary N) is 1. The second-order valence-corrected chi connectivity index (χ2v) is 5.82. The molecule has 0 radical (unpaired) electrons. The van der Waals surface area contributed by atoms with Gasteiger partial charge < -0.3 is 15.0 Å². The minimum atomic E-state index is 0.224. The molecule has 1 saturated carbocycles. The molecule has 1 aromatic rings. The van der Waals surface area contributed by atoms with Crippen LogP contribution in [0, 0.1) is 5.92 Å². The Balaban J connectivity index is 1.55. The molecule has 21 heavy (non-hydrogen) atoms. The van der Waals surface area contributed by atoms with Gasteiger partial charge in [-0.2, -0.15) is 4.98 Å². The quantitative estimate of drug-likeness (QED) is 0.914. The average molecular weight is 290 g/mol. The van der Waals surface area contributed by atoms with Crippen molar-refractivity contribution in [3.8, 4) is 5.88 Å². The third-order valence-corrected chi connectivity index (χ3v) is 4.38. The maximum atomic E-state index is 12.4. The van der Waals surface area contributed by atoms with Gasteiger partial charge in [-0.3, -0.25) is 4.79 Å². The Morgan fingerprint density at radius 3 is 2.95 bits per heavy atom. The molecule has 3 rings (SSSR count). The number of anilines is 1. The third kappa shape index (κ3) is 3.25. The number of hydrogen-bond acceptors (Lipinski definition) is 5. The first kappa shape index (κ1) is 14.1. The number of hydrogen-bond donors (Lipinski definition) is 1. The normalized spacial score (nSPS) is 22.5. The van der Waals surface area contributed by atoms with E-state index >= 15 is 0 Å². The number of nitrogens with zero attached hydrogens (tertiary/aromatic N) is 3. The van der Waals surface area contributed by atoms with E-state index < -0.39 is 0 Å². The van der Waals surface area contributed by atoms with Gasteiger partial charge in [-0.25, -0.2) is 4.98 Å². The lowest BCUT2D eigenvalue weighted by atomic mass is 10.1. The van der Waals surface area contributed by atoms with Crippen LogP contribution in [0.15, 0.2) is 12.3 Å². The summed E-state index contributed by atoms with van der Waals surface area (Å²) in [5.41, 5.74) is 0. The first-order valence-corrected chi connectivity index (χ1v) is 7.68. The van der Waals surface area contributed by atoms with Crippen molar-refractivity contribution in [1.29, 1.82) is 0 Å². The smallest absolute Gasteiger partial charge is 0.226 e. The van der Waals surface area contributed by atoms with Crippen LogP contribution in [0.2, 0.25) is 0 Å². The van der Waals surface area contributed by atoms with E-state index in [1.165, 1.54) is 12.8 Å². The van der Waals surface area contributed by atoms with Crippen molar-refractivity contribution in [2.24, 2.45) is 5.92 Å². The Bertz CT molecular complexity index is 502. The zero-order valence-corrected chi connectivity index (χ0v) is 12.4. The summed E-state index contributed by atoms with van der Waals surface area (Å²) in [6, 6.07) is 1.94. The molecule has 1 atom stereocenters. The van der Waals surface area contributed by atoms with Crippen molar-refractivity contribution >= 4 is 11.9 Å². The van der Waals surface area contributed by atoms with E-state index in [4.69, 9.17) is 4.74 Å². The Morgan fingerprint density at radius 2 is 2.19 bits per heavy atom. The van der Waals surface area contributed by atoms with Crippen LogP contribution >= 0.6 is 0 Å². The van der Waals surface area contributed by atoms with Gasteiger partial charge in [-0.15, -0.1) is 0 Å². The van der Waals surface area contributed by atoms with E-state index in [-0.39, 0.29) is 12.0 Å². The predicted octanol–water partition coefficient (Wildman–Crippen LogP) is 1.69. The Morgan fingerprint density at radius 1 is 1.38 bits per heavy atom. The van der Waals surface area contributed by atoms with Gasteiger partial charge in [0.15, 0.2) is 0 Å². The molecular formula is C15H22N4O2. The fourth-order valence-corrected chi connectivity index (χ4v) is 3.22. The van der Waals surface area contributed by atoms with Gasteiger partial charge in [0.25, 0.3) is 0 Å². The number of rotatable bonds is 4. The van der Waals surface area contributed by atoms with Crippen LogP contribution in [0.5, 0.6) is 5.88 Å². The minimum absolute atomic E-state index is 0.224. The molecule has 0 spiro atoms. The van der Waals surface area contributed by atoms with Gasteiger partial charge in [0, 0.05) is 37.3 Å². The Labute approximate surface area is 124 Å². The summed E-state index contributed by atoms with van der Waals surface area (Å²) in [4.78, 5) is 22.8. The topological polar surface area (TPSA) is 67.3 Å². The van der Waals surface area contributed by atoms with Crippen molar-refractivity contribution in [2.75, 3.05) is 25.5 Å². The summed E-state index contributed by atoms with van der Waals surface area (Å²) in [6.45, 7) is 1.58. The monoisotopic (exact) mass is 290 g/mol. The molecule has 1 aliphatic heterocycles. The van der Waals surface area contributed by atoms with Crippen LogP contribution in [-0.4, -0.2) is 47.0 Å². The largest absolute Gasteiger partial charge is 0.481 e. The van der Waals surface area contributed by atoms with Gasteiger partial charge in [-0.1, -0.05) is 12.8 Å². The highest BCUT2D eigenvalue weighted by Crippen LogP contribution is 2.28. The highest BCUT2D eigenvalue weighted by molar-refractivity contribution is 5.79. The lowest BCUT2D eigenvalue weighted by molar-refractivity contribution is -0.134. The fourth-order valence-electron chi connectivity index (χ4n) is 3.22. The zero-order valence-electron chi connectivity index (χ0n) is 12.4. The molecule has 2 heterocycles. The minimum Gasteiger partial charge on any atom is -0.481 e. The van der Waals surface area contributed by atoms with Gasteiger partial charge in [0.2, 0.25) is 17.7 Å². The molecule has 2 fully saturated rings. The van der Waals surface area contributed by atoms with Crippen LogP contribution in [-0.2, 0) is 4.79 Å². The number of likely N-dealkylation sites (tertiary alicyclic amines) is 1. The van der Waals surface area contributed by atoms with Crippen LogP contribution in [0.4, 0.5) is 5.95 Å². The molecule has 1 amide bonds. The van der Waals surface area contributed by atoms with Crippen molar-refractivity contribution < 1.29 is 9.53 Å². The number of carbonyl (C=O) groups is 1. The van der Waals surface area contributed by atoms with Gasteiger partial charge >= 0.3 is 0 Å².